The maximum atomic E-state index is 11.7. The number of amides is 1. The molecule has 1 amide bonds. The lowest BCUT2D eigenvalue weighted by atomic mass is 10.3. The number of ether oxygens (including phenoxy) is 1. The number of nitriles is 1. The van der Waals surface area contributed by atoms with Gasteiger partial charge in [-0.2, -0.15) is 5.26 Å². The molecule has 18 heavy (non-hydrogen) atoms. The van der Waals surface area contributed by atoms with Gasteiger partial charge in [-0.15, -0.1) is 0 Å². The second kappa shape index (κ2) is 7.93. The van der Waals surface area contributed by atoms with Gasteiger partial charge in [0.15, 0.2) is 0 Å². The fourth-order valence-corrected chi connectivity index (χ4v) is 1.89. The van der Waals surface area contributed by atoms with Crippen LogP contribution in [0.2, 0.25) is 0 Å². The summed E-state index contributed by atoms with van der Waals surface area (Å²) in [5.74, 6) is 0.793. The van der Waals surface area contributed by atoms with E-state index in [0.717, 1.165) is 9.32 Å². The normalized spacial score (nSPS) is 9.61. The number of carbonyl (C=O) groups excluding carboxylic acids is 1. The van der Waals surface area contributed by atoms with E-state index in [9.17, 15) is 4.79 Å². The maximum Gasteiger partial charge on any atom is 0.225 e. The van der Waals surface area contributed by atoms with Crippen LogP contribution in [0.1, 0.15) is 12.8 Å². The number of halogens is 1. The Hall–Kier alpha value is -1.29. The van der Waals surface area contributed by atoms with Gasteiger partial charge in [-0.3, -0.25) is 4.79 Å². The molecule has 0 N–H and O–H groups in total. The molecule has 5 heteroatoms. The van der Waals surface area contributed by atoms with Crippen molar-refractivity contribution in [3.05, 3.63) is 27.8 Å². The van der Waals surface area contributed by atoms with Gasteiger partial charge >= 0.3 is 0 Å². The van der Waals surface area contributed by atoms with Crippen molar-refractivity contribution >= 4 is 28.5 Å². The van der Waals surface area contributed by atoms with E-state index < -0.39 is 0 Å². The lowest BCUT2D eigenvalue weighted by molar-refractivity contribution is -0.130. The molecular formula is C13H15IN2O2. The number of para-hydroxylation sites is 1. The third kappa shape index (κ3) is 4.92. The monoisotopic (exact) mass is 358 g/mol. The van der Waals surface area contributed by atoms with Crippen LogP contribution in [0.5, 0.6) is 5.75 Å². The minimum Gasteiger partial charge on any atom is -0.492 e. The topological polar surface area (TPSA) is 53.3 Å². The van der Waals surface area contributed by atoms with E-state index in [-0.39, 0.29) is 5.91 Å². The van der Waals surface area contributed by atoms with Crippen LogP contribution in [0.3, 0.4) is 0 Å². The zero-order valence-electron chi connectivity index (χ0n) is 10.2. The van der Waals surface area contributed by atoms with Crippen LogP contribution in [0, 0.1) is 14.9 Å². The van der Waals surface area contributed by atoms with Crippen LogP contribution in [-0.2, 0) is 4.79 Å². The Morgan fingerprint density at radius 2 is 2.22 bits per heavy atom. The van der Waals surface area contributed by atoms with Crippen molar-refractivity contribution in [2.45, 2.75) is 12.8 Å². The summed E-state index contributed by atoms with van der Waals surface area (Å²) in [6, 6.07) is 9.69. The molecule has 96 valence electrons. The predicted molar refractivity (Wildman–Crippen MR) is 77.1 cm³/mol. The second-order valence-corrected chi connectivity index (χ2v) is 4.91. The fraction of sp³-hybridized carbons (Fsp3) is 0.385. The van der Waals surface area contributed by atoms with Crippen LogP contribution < -0.4 is 4.74 Å². The smallest absolute Gasteiger partial charge is 0.225 e. The highest BCUT2D eigenvalue weighted by Crippen LogP contribution is 2.19. The summed E-state index contributed by atoms with van der Waals surface area (Å²) >= 11 is 2.19. The van der Waals surface area contributed by atoms with Crippen LogP contribution >= 0.6 is 22.6 Å². The Kier molecular flexibility index (Phi) is 6.50. The molecular weight excluding hydrogens is 343 g/mol. The molecule has 0 saturated heterocycles. The minimum atomic E-state index is -0.00353. The van der Waals surface area contributed by atoms with Gasteiger partial charge in [0.25, 0.3) is 0 Å². The van der Waals surface area contributed by atoms with Gasteiger partial charge in [0.2, 0.25) is 5.91 Å². The highest BCUT2D eigenvalue weighted by molar-refractivity contribution is 14.1. The zero-order valence-corrected chi connectivity index (χ0v) is 12.4. The molecule has 0 aliphatic heterocycles. The van der Waals surface area contributed by atoms with Gasteiger partial charge in [0.1, 0.15) is 5.75 Å². The first-order chi connectivity index (χ1) is 8.65. The molecule has 0 unspecified atom stereocenters. The first kappa shape index (κ1) is 14.8. The summed E-state index contributed by atoms with van der Waals surface area (Å²) < 4.78 is 6.57. The lowest BCUT2D eigenvalue weighted by Gasteiger charge is -2.15. The summed E-state index contributed by atoms with van der Waals surface area (Å²) in [6.07, 6.45) is 0.687. The third-order valence-corrected chi connectivity index (χ3v) is 3.29. The lowest BCUT2D eigenvalue weighted by Crippen LogP contribution is -2.28. The van der Waals surface area contributed by atoms with Gasteiger partial charge in [0.05, 0.1) is 29.1 Å². The molecule has 0 aliphatic rings. The summed E-state index contributed by atoms with van der Waals surface area (Å²) in [5.41, 5.74) is 0. The first-order valence-corrected chi connectivity index (χ1v) is 6.71. The maximum absolute atomic E-state index is 11.7. The van der Waals surface area contributed by atoms with Crippen molar-refractivity contribution in [2.75, 3.05) is 20.2 Å². The van der Waals surface area contributed by atoms with Crippen molar-refractivity contribution in [1.82, 2.24) is 4.90 Å². The average Bonchev–Trinajstić information content (AvgIpc) is 2.38. The van der Waals surface area contributed by atoms with Crippen LogP contribution in [0.4, 0.5) is 0 Å². The Balaban J connectivity index is 2.32. The molecule has 0 aromatic heterocycles. The third-order valence-electron chi connectivity index (χ3n) is 2.39. The largest absolute Gasteiger partial charge is 0.492 e. The van der Waals surface area contributed by atoms with E-state index in [1.807, 2.05) is 30.3 Å². The number of hydrogen-bond donors (Lipinski definition) is 0. The van der Waals surface area contributed by atoms with Crippen molar-refractivity contribution in [3.8, 4) is 11.8 Å². The van der Waals surface area contributed by atoms with Crippen molar-refractivity contribution < 1.29 is 9.53 Å². The van der Waals surface area contributed by atoms with E-state index in [1.54, 1.807) is 11.9 Å². The highest BCUT2D eigenvalue weighted by atomic mass is 127. The Morgan fingerprint density at radius 1 is 1.50 bits per heavy atom. The predicted octanol–water partition coefficient (Wildman–Crippen LogP) is 2.43. The van der Waals surface area contributed by atoms with E-state index >= 15 is 0 Å². The summed E-state index contributed by atoms with van der Waals surface area (Å²) in [6.45, 7) is 0.827. The van der Waals surface area contributed by atoms with Gasteiger partial charge in [0, 0.05) is 13.6 Å². The summed E-state index contributed by atoms with van der Waals surface area (Å²) in [5, 5.41) is 8.44. The highest BCUT2D eigenvalue weighted by Gasteiger charge is 2.08. The molecule has 0 atom stereocenters. The van der Waals surface area contributed by atoms with Crippen molar-refractivity contribution in [1.29, 1.82) is 5.26 Å². The Morgan fingerprint density at radius 3 is 2.89 bits per heavy atom. The molecule has 0 heterocycles. The molecule has 1 rings (SSSR count). The second-order valence-electron chi connectivity index (χ2n) is 3.75. The number of carbonyl (C=O) groups is 1. The van der Waals surface area contributed by atoms with E-state index in [4.69, 9.17) is 10.00 Å². The minimum absolute atomic E-state index is 0.00353. The van der Waals surface area contributed by atoms with E-state index in [0.29, 0.717) is 26.0 Å². The van der Waals surface area contributed by atoms with Crippen LogP contribution in [0.25, 0.3) is 0 Å². The Bertz CT molecular complexity index is 443. The molecule has 0 spiro atoms. The van der Waals surface area contributed by atoms with Crippen molar-refractivity contribution in [2.24, 2.45) is 0 Å². The molecule has 0 aliphatic carbocycles. The van der Waals surface area contributed by atoms with Crippen LogP contribution in [-0.4, -0.2) is 31.0 Å². The molecule has 0 bridgehead atoms. The van der Waals surface area contributed by atoms with Crippen molar-refractivity contribution in [3.63, 3.8) is 0 Å². The van der Waals surface area contributed by atoms with E-state index in [1.165, 1.54) is 0 Å². The Labute approximate surface area is 121 Å². The van der Waals surface area contributed by atoms with E-state index in [2.05, 4.69) is 22.6 Å². The molecule has 0 saturated carbocycles. The quantitative estimate of drug-likeness (QED) is 0.734. The van der Waals surface area contributed by atoms with Gasteiger partial charge < -0.3 is 9.64 Å². The standard InChI is InChI=1S/C13H15IN2O2/c1-16(9-4-8-15)13(17)7-10-18-12-6-3-2-5-11(12)14/h2-3,5-6H,4,7,9-10H2,1H3. The fourth-order valence-electron chi connectivity index (χ4n) is 1.34. The SMILES string of the molecule is CN(CCC#N)C(=O)CCOc1ccccc1I. The average molecular weight is 358 g/mol. The van der Waals surface area contributed by atoms with Gasteiger partial charge in [-0.1, -0.05) is 12.1 Å². The van der Waals surface area contributed by atoms with Gasteiger partial charge in [-0.25, -0.2) is 0 Å². The molecule has 0 fully saturated rings. The number of benzene rings is 1. The first-order valence-electron chi connectivity index (χ1n) is 5.63. The summed E-state index contributed by atoms with van der Waals surface area (Å²) in [4.78, 5) is 13.2. The number of hydrogen-bond acceptors (Lipinski definition) is 3. The number of rotatable bonds is 6. The molecule has 1 aromatic rings. The zero-order chi connectivity index (χ0) is 13.4. The van der Waals surface area contributed by atoms with Gasteiger partial charge in [-0.05, 0) is 34.7 Å². The van der Waals surface area contributed by atoms with Crippen LogP contribution in [0.15, 0.2) is 24.3 Å². The molecule has 1 aromatic carbocycles. The molecule has 4 nitrogen and oxygen atoms in total. The molecule has 0 radical (unpaired) electrons. The number of nitrogens with zero attached hydrogens (tertiary/aromatic N) is 2. The summed E-state index contributed by atoms with van der Waals surface area (Å²) in [7, 11) is 1.70.